The monoisotopic (exact) mass is 367 g/mol. The summed E-state index contributed by atoms with van der Waals surface area (Å²) in [6, 6.07) is 2.15. The Morgan fingerprint density at radius 1 is 1.17 bits per heavy atom. The first kappa shape index (κ1) is 18.5. The molecule has 0 bridgehead atoms. The highest BCUT2D eigenvalue weighted by molar-refractivity contribution is 8.13. The van der Waals surface area contributed by atoms with Crippen molar-refractivity contribution in [2.24, 2.45) is 0 Å². The molecule has 1 aliphatic carbocycles. The fourth-order valence-corrected chi connectivity index (χ4v) is 2.38. The molecule has 0 atom stereocenters. The minimum Gasteiger partial charge on any atom is -0.381 e. The predicted octanol–water partition coefficient (Wildman–Crippen LogP) is 3.37. The highest BCUT2D eigenvalue weighted by atomic mass is 35.7. The number of imidazole rings is 1. The van der Waals surface area contributed by atoms with Crippen molar-refractivity contribution in [3.63, 3.8) is 0 Å². The van der Waals surface area contributed by atoms with Crippen LogP contribution < -0.4 is 0 Å². The molecule has 2 aromatic heterocycles. The van der Waals surface area contributed by atoms with E-state index in [0.29, 0.717) is 0 Å². The van der Waals surface area contributed by atoms with E-state index in [1.165, 1.54) is 22.4 Å². The molecule has 130 valence electrons. The second-order valence-corrected chi connectivity index (χ2v) is 9.18. The molecule has 7 heteroatoms. The van der Waals surface area contributed by atoms with Gasteiger partial charge in [-0.05, 0) is 42.7 Å². The molecule has 5 nitrogen and oxygen atoms in total. The van der Waals surface area contributed by atoms with Crippen LogP contribution in [0.2, 0.25) is 0 Å². The smallest absolute Gasteiger partial charge is 0.229 e. The van der Waals surface area contributed by atoms with E-state index in [9.17, 15) is 8.42 Å². The van der Waals surface area contributed by atoms with Crippen molar-refractivity contribution >= 4 is 31.0 Å². The lowest BCUT2D eigenvalue weighted by molar-refractivity contribution is 0.506. The molecule has 24 heavy (non-hydrogen) atoms. The molecule has 2 aromatic rings. The van der Waals surface area contributed by atoms with Gasteiger partial charge in [0.05, 0.1) is 11.9 Å². The Kier molecular flexibility index (Phi) is 5.40. The normalized spacial score (nSPS) is 14.1. The number of nitrogens with zero attached hydrogens (tertiary/aromatic N) is 3. The molecule has 0 aliphatic heterocycles. The van der Waals surface area contributed by atoms with Crippen LogP contribution in [-0.4, -0.2) is 43.1 Å². The molecule has 3 rings (SSSR count). The predicted molar refractivity (Wildman–Crippen MR) is 99.7 cm³/mol. The number of hydrogen-bond donors (Lipinski definition) is 0. The van der Waals surface area contributed by atoms with E-state index < -0.39 is 9.05 Å². The van der Waals surface area contributed by atoms with Crippen LogP contribution in [0.15, 0.2) is 36.3 Å². The van der Waals surface area contributed by atoms with Gasteiger partial charge in [0, 0.05) is 49.3 Å². The minimum atomic E-state index is -3.19. The van der Waals surface area contributed by atoms with Gasteiger partial charge in [-0.2, -0.15) is 0 Å². The molecule has 0 radical (unpaired) electrons. The zero-order valence-corrected chi connectivity index (χ0v) is 16.1. The summed E-state index contributed by atoms with van der Waals surface area (Å²) in [5, 5.41) is 0. The van der Waals surface area contributed by atoms with Crippen molar-refractivity contribution in [2.45, 2.75) is 20.3 Å². The zero-order chi connectivity index (χ0) is 18.1. The van der Waals surface area contributed by atoms with Gasteiger partial charge in [-0.3, -0.25) is 0 Å². The minimum absolute atomic E-state index is 0.925. The number of fused-ring (bicyclic) bond motifs is 1. The summed E-state index contributed by atoms with van der Waals surface area (Å²) < 4.78 is 20.9. The SMILES string of the molecule is CS(=O)(=O)Cl.Cc1cc2nc(C3=CC=C(N(C)C)C3)cn2cc1C. The third-order valence-electron chi connectivity index (χ3n) is 3.81. The third kappa shape index (κ3) is 4.85. The van der Waals surface area contributed by atoms with E-state index in [2.05, 4.69) is 78.5 Å². The number of hydrogen-bond acceptors (Lipinski definition) is 4. The van der Waals surface area contributed by atoms with E-state index in [1.54, 1.807) is 0 Å². The van der Waals surface area contributed by atoms with Crippen LogP contribution in [-0.2, 0) is 9.05 Å². The number of allylic oxidation sites excluding steroid dienone is 3. The van der Waals surface area contributed by atoms with Crippen molar-refractivity contribution in [2.75, 3.05) is 20.4 Å². The Labute approximate surface area is 147 Å². The van der Waals surface area contributed by atoms with Crippen molar-refractivity contribution < 1.29 is 8.42 Å². The van der Waals surface area contributed by atoms with Gasteiger partial charge in [-0.15, -0.1) is 0 Å². The Bertz CT molecular complexity index is 878. The molecule has 2 heterocycles. The molecular weight excluding hydrogens is 346 g/mol. The Hall–Kier alpha value is -1.79. The second-order valence-electron chi connectivity index (χ2n) is 6.13. The van der Waals surface area contributed by atoms with Crippen LogP contribution in [0.5, 0.6) is 0 Å². The van der Waals surface area contributed by atoms with E-state index in [1.807, 2.05) is 0 Å². The van der Waals surface area contributed by atoms with Gasteiger partial charge in [-0.1, -0.05) is 6.08 Å². The average molecular weight is 368 g/mol. The average Bonchev–Trinajstić information content (AvgIpc) is 3.03. The van der Waals surface area contributed by atoms with Gasteiger partial charge in [0.15, 0.2) is 0 Å². The Morgan fingerprint density at radius 3 is 2.33 bits per heavy atom. The number of aryl methyl sites for hydroxylation is 2. The third-order valence-corrected chi connectivity index (χ3v) is 3.81. The summed E-state index contributed by atoms with van der Waals surface area (Å²) in [6.07, 6.45) is 10.5. The maximum Gasteiger partial charge on any atom is 0.229 e. The molecule has 0 saturated heterocycles. The van der Waals surface area contributed by atoms with Gasteiger partial charge < -0.3 is 9.30 Å². The molecule has 0 amide bonds. The zero-order valence-electron chi connectivity index (χ0n) is 14.5. The number of halogens is 1. The summed E-state index contributed by atoms with van der Waals surface area (Å²) in [4.78, 5) is 6.89. The van der Waals surface area contributed by atoms with Crippen LogP contribution >= 0.6 is 10.7 Å². The number of aromatic nitrogens is 2. The quantitative estimate of drug-likeness (QED) is 0.763. The van der Waals surface area contributed by atoms with Crippen LogP contribution in [0.1, 0.15) is 23.2 Å². The topological polar surface area (TPSA) is 54.7 Å². The summed E-state index contributed by atoms with van der Waals surface area (Å²) in [5.74, 6) is 0. The van der Waals surface area contributed by atoms with E-state index in [4.69, 9.17) is 4.98 Å². The molecule has 0 saturated carbocycles. The van der Waals surface area contributed by atoms with Crippen LogP contribution in [0, 0.1) is 13.8 Å². The number of pyridine rings is 1. The lowest BCUT2D eigenvalue weighted by atomic mass is 10.1. The molecule has 0 fully saturated rings. The van der Waals surface area contributed by atoms with Gasteiger partial charge in [-0.25, -0.2) is 13.4 Å². The van der Waals surface area contributed by atoms with Crippen LogP contribution in [0.3, 0.4) is 0 Å². The van der Waals surface area contributed by atoms with Crippen molar-refractivity contribution in [3.8, 4) is 0 Å². The maximum absolute atomic E-state index is 9.40. The first-order chi connectivity index (χ1) is 11.0. The Morgan fingerprint density at radius 2 is 1.79 bits per heavy atom. The standard InChI is InChI=1S/C16H19N3.CH3ClO2S/c1-11-7-16-17-15(10-19(16)9-12(11)2)13-5-6-14(8-13)18(3)4;1-5(2,3)4/h5-7,9-10H,8H2,1-4H3;1H3. The highest BCUT2D eigenvalue weighted by Gasteiger charge is 2.14. The first-order valence-electron chi connectivity index (χ1n) is 7.47. The number of rotatable bonds is 2. The van der Waals surface area contributed by atoms with Gasteiger partial charge >= 0.3 is 0 Å². The van der Waals surface area contributed by atoms with Crippen LogP contribution in [0.25, 0.3) is 11.2 Å². The van der Waals surface area contributed by atoms with Crippen molar-refractivity contribution in [3.05, 3.63) is 53.1 Å². The molecule has 1 aliphatic rings. The molecule has 0 N–H and O–H groups in total. The lowest BCUT2D eigenvalue weighted by Crippen LogP contribution is -2.09. The Balaban J connectivity index is 0.000000368. The molecule has 0 aromatic carbocycles. The summed E-state index contributed by atoms with van der Waals surface area (Å²) in [5.41, 5.74) is 7.32. The molecule has 0 unspecified atom stereocenters. The molecule has 0 spiro atoms. The molecular formula is C17H22ClN3O2S. The van der Waals surface area contributed by atoms with Gasteiger partial charge in [0.25, 0.3) is 0 Å². The van der Waals surface area contributed by atoms with Gasteiger partial charge in [0.2, 0.25) is 9.05 Å². The van der Waals surface area contributed by atoms with Crippen LogP contribution in [0.4, 0.5) is 0 Å². The van der Waals surface area contributed by atoms with E-state index in [-0.39, 0.29) is 0 Å². The van der Waals surface area contributed by atoms with Crippen molar-refractivity contribution in [1.82, 2.24) is 14.3 Å². The summed E-state index contributed by atoms with van der Waals surface area (Å²) in [7, 11) is 5.47. The fraction of sp³-hybridized carbons (Fsp3) is 0.353. The maximum atomic E-state index is 9.40. The summed E-state index contributed by atoms with van der Waals surface area (Å²) in [6.45, 7) is 4.26. The summed E-state index contributed by atoms with van der Waals surface area (Å²) >= 11 is 0. The highest BCUT2D eigenvalue weighted by Crippen LogP contribution is 2.28. The van der Waals surface area contributed by atoms with Crippen molar-refractivity contribution in [1.29, 1.82) is 0 Å². The van der Waals surface area contributed by atoms with Gasteiger partial charge in [0.1, 0.15) is 5.65 Å². The fourth-order valence-electron chi connectivity index (χ4n) is 2.38. The van der Waals surface area contributed by atoms with E-state index >= 15 is 0 Å². The first-order valence-corrected chi connectivity index (χ1v) is 10.2. The second kappa shape index (κ2) is 6.99. The lowest BCUT2D eigenvalue weighted by Gasteiger charge is -2.13. The van der Waals surface area contributed by atoms with E-state index in [0.717, 1.165) is 24.0 Å². The largest absolute Gasteiger partial charge is 0.381 e.